The highest BCUT2D eigenvalue weighted by molar-refractivity contribution is 7.21. The van der Waals surface area contributed by atoms with E-state index in [2.05, 4.69) is 10.6 Å². The van der Waals surface area contributed by atoms with Crippen LogP contribution in [0.25, 0.3) is 10.1 Å². The number of carbonyl (C=O) groups is 3. The number of hydrogen-bond donors (Lipinski definition) is 2. The van der Waals surface area contributed by atoms with Crippen LogP contribution in [-0.2, 0) is 14.3 Å². The molecule has 0 aliphatic rings. The van der Waals surface area contributed by atoms with Crippen LogP contribution in [0.4, 0.5) is 5.69 Å². The third-order valence-electron chi connectivity index (χ3n) is 3.96. The van der Waals surface area contributed by atoms with Gasteiger partial charge in [-0.25, -0.2) is 0 Å². The number of nitrogens with one attached hydrogen (secondary N) is 2. The second-order valence-corrected chi connectivity index (χ2v) is 7.96. The molecule has 0 saturated carbocycles. The van der Waals surface area contributed by atoms with Crippen LogP contribution < -0.4 is 10.6 Å². The van der Waals surface area contributed by atoms with Crippen LogP contribution in [0.5, 0.6) is 0 Å². The van der Waals surface area contributed by atoms with Gasteiger partial charge in [-0.3, -0.25) is 14.4 Å². The van der Waals surface area contributed by atoms with Gasteiger partial charge in [0.1, 0.15) is 11.4 Å². The second kappa shape index (κ2) is 9.26. The molecule has 0 atom stereocenters. The van der Waals surface area contributed by atoms with E-state index in [1.165, 1.54) is 11.3 Å². The molecule has 0 bridgehead atoms. The third-order valence-corrected chi connectivity index (χ3v) is 5.87. The normalized spacial score (nSPS) is 10.6. The Morgan fingerprint density at radius 1 is 1.10 bits per heavy atom. The summed E-state index contributed by atoms with van der Waals surface area (Å²) in [6, 6.07) is 12.4. The first-order chi connectivity index (χ1) is 13.8. The zero-order chi connectivity index (χ0) is 21.0. The third kappa shape index (κ3) is 5.26. The maximum Gasteiger partial charge on any atom is 0.325 e. The van der Waals surface area contributed by atoms with Gasteiger partial charge < -0.3 is 15.4 Å². The monoisotopic (exact) mass is 450 g/mol. The number of halogens is 2. The number of ether oxygens (including phenoxy) is 1. The van der Waals surface area contributed by atoms with E-state index < -0.39 is 24.4 Å². The molecule has 2 aromatic carbocycles. The Balaban J connectivity index is 1.48. The number of thiophene rings is 1. The van der Waals surface area contributed by atoms with Crippen molar-refractivity contribution in [2.75, 3.05) is 18.5 Å². The summed E-state index contributed by atoms with van der Waals surface area (Å²) in [6.07, 6.45) is 0. The van der Waals surface area contributed by atoms with Gasteiger partial charge in [0.25, 0.3) is 11.8 Å². The molecule has 29 heavy (non-hydrogen) atoms. The Morgan fingerprint density at radius 2 is 1.86 bits per heavy atom. The minimum absolute atomic E-state index is 0.316. The number of fused-ring (bicyclic) bond motifs is 1. The van der Waals surface area contributed by atoms with E-state index in [-0.39, 0.29) is 6.54 Å². The number of amides is 2. The quantitative estimate of drug-likeness (QED) is 0.544. The van der Waals surface area contributed by atoms with E-state index in [0.29, 0.717) is 20.6 Å². The molecule has 3 rings (SSSR count). The molecule has 0 saturated heterocycles. The van der Waals surface area contributed by atoms with Crippen molar-refractivity contribution < 1.29 is 19.1 Å². The summed E-state index contributed by atoms with van der Waals surface area (Å²) in [4.78, 5) is 36.4. The lowest BCUT2D eigenvalue weighted by Crippen LogP contribution is -2.32. The molecule has 0 radical (unpaired) electrons. The summed E-state index contributed by atoms with van der Waals surface area (Å²) in [7, 11) is 0. The van der Waals surface area contributed by atoms with Crippen molar-refractivity contribution in [2.24, 2.45) is 0 Å². The van der Waals surface area contributed by atoms with Gasteiger partial charge in [0, 0.05) is 20.8 Å². The van der Waals surface area contributed by atoms with Crippen molar-refractivity contribution in [1.29, 1.82) is 0 Å². The maximum atomic E-state index is 12.3. The van der Waals surface area contributed by atoms with Gasteiger partial charge in [0.15, 0.2) is 6.61 Å². The average Bonchev–Trinajstić information content (AvgIpc) is 3.04. The molecular weight excluding hydrogens is 435 g/mol. The fourth-order valence-corrected chi connectivity index (χ4v) is 4.20. The molecule has 0 aliphatic heterocycles. The number of esters is 1. The van der Waals surface area contributed by atoms with E-state index in [9.17, 15) is 14.4 Å². The van der Waals surface area contributed by atoms with Crippen LogP contribution in [0.3, 0.4) is 0 Å². The number of carbonyl (C=O) groups excluding carboxylic acids is 3. The van der Waals surface area contributed by atoms with E-state index >= 15 is 0 Å². The van der Waals surface area contributed by atoms with Crippen LogP contribution >= 0.6 is 34.5 Å². The summed E-state index contributed by atoms with van der Waals surface area (Å²) in [5.74, 6) is -1.71. The van der Waals surface area contributed by atoms with E-state index in [4.69, 9.17) is 27.9 Å². The molecule has 1 heterocycles. The highest BCUT2D eigenvalue weighted by atomic mass is 35.5. The van der Waals surface area contributed by atoms with Crippen molar-refractivity contribution in [3.05, 3.63) is 63.0 Å². The van der Waals surface area contributed by atoms with Crippen LogP contribution in [0.1, 0.15) is 15.2 Å². The first-order valence-corrected chi connectivity index (χ1v) is 10.1. The number of rotatable bonds is 6. The molecule has 6 nitrogen and oxygen atoms in total. The van der Waals surface area contributed by atoms with Crippen molar-refractivity contribution in [3.8, 4) is 0 Å². The molecule has 0 aliphatic carbocycles. The lowest BCUT2D eigenvalue weighted by molar-refractivity contribution is -0.146. The predicted octanol–water partition coefficient (Wildman–Crippen LogP) is 4.43. The molecule has 9 heteroatoms. The van der Waals surface area contributed by atoms with Crippen molar-refractivity contribution in [3.63, 3.8) is 0 Å². The van der Waals surface area contributed by atoms with Gasteiger partial charge in [0.2, 0.25) is 0 Å². The highest BCUT2D eigenvalue weighted by Crippen LogP contribution is 2.34. The summed E-state index contributed by atoms with van der Waals surface area (Å²) in [5, 5.41) is 6.76. The van der Waals surface area contributed by atoms with Crippen molar-refractivity contribution in [2.45, 2.75) is 6.92 Å². The number of aryl methyl sites for hydroxylation is 1. The van der Waals surface area contributed by atoms with Gasteiger partial charge in [-0.1, -0.05) is 41.4 Å². The standard InChI is InChI=1S/C20H16Cl2N2O4S/c1-11-8-12(21)6-7-14(11)24-16(25)10-28-17(26)9-23-20(27)19-18(22)13-4-2-3-5-15(13)29-19/h2-8H,9-10H2,1H3,(H,23,27)(H,24,25). The minimum Gasteiger partial charge on any atom is -0.454 e. The largest absolute Gasteiger partial charge is 0.454 e. The maximum absolute atomic E-state index is 12.3. The molecule has 150 valence electrons. The van der Waals surface area contributed by atoms with E-state index in [1.807, 2.05) is 24.3 Å². The Labute approximate surface area is 180 Å². The Morgan fingerprint density at radius 3 is 2.59 bits per heavy atom. The van der Waals surface area contributed by atoms with Gasteiger partial charge in [0.05, 0.1) is 5.02 Å². The van der Waals surface area contributed by atoms with Crippen molar-refractivity contribution in [1.82, 2.24) is 5.32 Å². The van der Waals surface area contributed by atoms with Crippen LogP contribution in [0.15, 0.2) is 42.5 Å². The molecule has 0 spiro atoms. The first kappa shape index (κ1) is 21.1. The molecule has 0 unspecified atom stereocenters. The van der Waals surface area contributed by atoms with E-state index in [1.54, 1.807) is 25.1 Å². The molecule has 3 aromatic rings. The molecule has 0 fully saturated rings. The second-order valence-electron chi connectivity index (χ2n) is 6.09. The Kier molecular flexibility index (Phi) is 6.74. The van der Waals surface area contributed by atoms with Crippen LogP contribution in [0, 0.1) is 6.92 Å². The van der Waals surface area contributed by atoms with Crippen LogP contribution in [-0.4, -0.2) is 30.9 Å². The van der Waals surface area contributed by atoms with Crippen LogP contribution in [0.2, 0.25) is 10.0 Å². The van der Waals surface area contributed by atoms with Gasteiger partial charge >= 0.3 is 5.97 Å². The smallest absolute Gasteiger partial charge is 0.325 e. The molecule has 2 N–H and O–H groups in total. The summed E-state index contributed by atoms with van der Waals surface area (Å²) in [6.45, 7) is 0.944. The topological polar surface area (TPSA) is 84.5 Å². The zero-order valence-corrected chi connectivity index (χ0v) is 17.6. The number of benzene rings is 2. The first-order valence-electron chi connectivity index (χ1n) is 8.52. The molecule has 2 amide bonds. The summed E-state index contributed by atoms with van der Waals surface area (Å²) in [5.41, 5.74) is 1.35. The number of anilines is 1. The molecular formula is C20H16Cl2N2O4S. The lowest BCUT2D eigenvalue weighted by atomic mass is 10.2. The fraction of sp³-hybridized carbons (Fsp3) is 0.150. The minimum atomic E-state index is -0.737. The highest BCUT2D eigenvalue weighted by Gasteiger charge is 2.18. The van der Waals surface area contributed by atoms with Gasteiger partial charge in [-0.2, -0.15) is 0 Å². The number of hydrogen-bond acceptors (Lipinski definition) is 5. The van der Waals surface area contributed by atoms with Gasteiger partial charge in [-0.05, 0) is 36.8 Å². The Hall–Kier alpha value is -2.61. The molecule has 1 aromatic heterocycles. The van der Waals surface area contributed by atoms with E-state index in [0.717, 1.165) is 15.6 Å². The Bertz CT molecular complexity index is 1100. The lowest BCUT2D eigenvalue weighted by Gasteiger charge is -2.09. The average molecular weight is 451 g/mol. The summed E-state index contributed by atoms with van der Waals surface area (Å²) < 4.78 is 5.77. The predicted molar refractivity (Wildman–Crippen MR) is 115 cm³/mol. The SMILES string of the molecule is Cc1cc(Cl)ccc1NC(=O)COC(=O)CNC(=O)c1sc2ccccc2c1Cl. The zero-order valence-electron chi connectivity index (χ0n) is 15.3. The van der Waals surface area contributed by atoms with Gasteiger partial charge in [-0.15, -0.1) is 11.3 Å². The fourth-order valence-electron chi connectivity index (χ4n) is 2.54. The van der Waals surface area contributed by atoms with Crippen molar-refractivity contribution >= 4 is 68.1 Å². The summed E-state index contributed by atoms with van der Waals surface area (Å²) >= 11 is 13.3.